The van der Waals surface area contributed by atoms with Crippen molar-refractivity contribution in [1.82, 2.24) is 19.7 Å². The Morgan fingerprint density at radius 1 is 1.29 bits per heavy atom. The smallest absolute Gasteiger partial charge is 0.232 e. The Kier molecular flexibility index (Phi) is 4.62. The number of methoxy groups -OCH3 is 1. The van der Waals surface area contributed by atoms with Gasteiger partial charge in [-0.05, 0) is 12.1 Å². The van der Waals surface area contributed by atoms with E-state index in [0.29, 0.717) is 17.5 Å². The van der Waals surface area contributed by atoms with Crippen LogP contribution in [-0.4, -0.2) is 26.8 Å². The molecule has 0 bridgehead atoms. The summed E-state index contributed by atoms with van der Waals surface area (Å²) in [6.45, 7) is 6.15. The summed E-state index contributed by atoms with van der Waals surface area (Å²) in [5.74, 6) is 2.73. The van der Waals surface area contributed by atoms with E-state index >= 15 is 0 Å². The van der Waals surface area contributed by atoms with E-state index in [0.717, 1.165) is 16.6 Å². The largest absolute Gasteiger partial charge is 0.497 e. The zero-order chi connectivity index (χ0) is 17.2. The van der Waals surface area contributed by atoms with Gasteiger partial charge in [0.05, 0.1) is 18.6 Å². The summed E-state index contributed by atoms with van der Waals surface area (Å²) >= 11 is 1.57. The minimum Gasteiger partial charge on any atom is -0.497 e. The first-order valence-electron chi connectivity index (χ1n) is 7.61. The molecule has 2 heterocycles. The van der Waals surface area contributed by atoms with Crippen LogP contribution in [0.25, 0.3) is 5.69 Å². The second-order valence-electron chi connectivity index (χ2n) is 6.34. The lowest BCUT2D eigenvalue weighted by Crippen LogP contribution is -2.11. The van der Waals surface area contributed by atoms with E-state index in [9.17, 15) is 0 Å². The maximum absolute atomic E-state index is 5.33. The lowest BCUT2D eigenvalue weighted by molar-refractivity contribution is 0.319. The monoisotopic (exact) mass is 344 g/mol. The van der Waals surface area contributed by atoms with Gasteiger partial charge in [0.15, 0.2) is 11.0 Å². The fourth-order valence-corrected chi connectivity index (χ4v) is 2.92. The number of nitrogens with zero attached hydrogens (tertiary/aromatic N) is 4. The van der Waals surface area contributed by atoms with Crippen LogP contribution in [0.1, 0.15) is 32.5 Å². The molecule has 0 saturated heterocycles. The van der Waals surface area contributed by atoms with Gasteiger partial charge in [-0.3, -0.25) is 4.57 Å². The number of rotatable bonds is 5. The van der Waals surface area contributed by atoms with Gasteiger partial charge in [-0.1, -0.05) is 43.8 Å². The van der Waals surface area contributed by atoms with Crippen molar-refractivity contribution in [3.8, 4) is 11.4 Å². The van der Waals surface area contributed by atoms with E-state index in [4.69, 9.17) is 9.26 Å². The highest BCUT2D eigenvalue weighted by Gasteiger charge is 2.21. The molecule has 0 N–H and O–H groups in total. The average molecular weight is 344 g/mol. The van der Waals surface area contributed by atoms with Crippen LogP contribution in [0.4, 0.5) is 0 Å². The number of hydrogen-bond acceptors (Lipinski definition) is 6. The Morgan fingerprint density at radius 3 is 2.83 bits per heavy atom. The SMILES string of the molecule is COc1cccc(-n2ccnc2SCc2noc(C(C)(C)C)n2)c1. The molecule has 1 aromatic carbocycles. The van der Waals surface area contributed by atoms with Gasteiger partial charge < -0.3 is 9.26 Å². The molecular weight excluding hydrogens is 324 g/mol. The van der Waals surface area contributed by atoms with Crippen molar-refractivity contribution in [2.45, 2.75) is 37.1 Å². The molecule has 0 radical (unpaired) electrons. The number of hydrogen-bond donors (Lipinski definition) is 0. The lowest BCUT2D eigenvalue weighted by Gasteiger charge is -2.10. The van der Waals surface area contributed by atoms with Crippen molar-refractivity contribution in [3.63, 3.8) is 0 Å². The predicted octanol–water partition coefficient (Wildman–Crippen LogP) is 3.85. The van der Waals surface area contributed by atoms with E-state index in [1.165, 1.54) is 0 Å². The second-order valence-corrected chi connectivity index (χ2v) is 7.28. The average Bonchev–Trinajstić information content (AvgIpc) is 3.21. The number of ether oxygens (including phenoxy) is 1. The Hall–Kier alpha value is -2.28. The first-order valence-corrected chi connectivity index (χ1v) is 8.59. The third kappa shape index (κ3) is 3.62. The molecule has 7 heteroatoms. The first kappa shape index (κ1) is 16.6. The standard InChI is InChI=1S/C17H20N4O2S/c1-17(2,3)15-19-14(20-23-15)11-24-16-18-8-9-21(16)12-6-5-7-13(10-12)22-4/h5-10H,11H2,1-4H3. The van der Waals surface area contributed by atoms with E-state index in [1.54, 1.807) is 25.1 Å². The summed E-state index contributed by atoms with van der Waals surface area (Å²) in [6.07, 6.45) is 3.70. The molecule has 0 fully saturated rings. The van der Waals surface area contributed by atoms with Gasteiger partial charge in [0.1, 0.15) is 5.75 Å². The van der Waals surface area contributed by atoms with Gasteiger partial charge in [-0.2, -0.15) is 4.98 Å². The van der Waals surface area contributed by atoms with Crippen LogP contribution in [0, 0.1) is 0 Å². The fourth-order valence-electron chi connectivity index (χ4n) is 2.10. The lowest BCUT2D eigenvalue weighted by atomic mass is 9.97. The van der Waals surface area contributed by atoms with E-state index in [-0.39, 0.29) is 5.41 Å². The topological polar surface area (TPSA) is 66.0 Å². The number of aromatic nitrogens is 4. The van der Waals surface area contributed by atoms with Crippen LogP contribution in [0.5, 0.6) is 5.75 Å². The Balaban J connectivity index is 1.75. The molecule has 0 saturated carbocycles. The van der Waals surface area contributed by atoms with Gasteiger partial charge >= 0.3 is 0 Å². The highest BCUT2D eigenvalue weighted by molar-refractivity contribution is 7.98. The molecule has 0 aliphatic rings. The molecule has 0 amide bonds. The van der Waals surface area contributed by atoms with Crippen molar-refractivity contribution in [1.29, 1.82) is 0 Å². The summed E-state index contributed by atoms with van der Waals surface area (Å²) in [5, 5.41) is 4.91. The number of imidazole rings is 1. The van der Waals surface area contributed by atoms with E-state index < -0.39 is 0 Å². The van der Waals surface area contributed by atoms with Crippen LogP contribution in [0.2, 0.25) is 0 Å². The van der Waals surface area contributed by atoms with E-state index in [1.807, 2.05) is 55.8 Å². The molecule has 0 aliphatic heterocycles. The number of benzene rings is 1. The highest BCUT2D eigenvalue weighted by Crippen LogP contribution is 2.26. The Labute approximate surface area is 145 Å². The second kappa shape index (κ2) is 6.68. The summed E-state index contributed by atoms with van der Waals surface area (Å²) in [4.78, 5) is 8.87. The predicted molar refractivity (Wildman–Crippen MR) is 92.7 cm³/mol. The summed E-state index contributed by atoms with van der Waals surface area (Å²) < 4.78 is 12.6. The molecule has 3 rings (SSSR count). The molecule has 0 unspecified atom stereocenters. The highest BCUT2D eigenvalue weighted by atomic mass is 32.2. The maximum Gasteiger partial charge on any atom is 0.232 e. The van der Waals surface area contributed by atoms with Crippen LogP contribution in [0.3, 0.4) is 0 Å². The van der Waals surface area contributed by atoms with Gasteiger partial charge in [0.25, 0.3) is 0 Å². The third-order valence-electron chi connectivity index (χ3n) is 3.38. The number of thioether (sulfide) groups is 1. The Morgan fingerprint density at radius 2 is 2.12 bits per heavy atom. The molecule has 24 heavy (non-hydrogen) atoms. The van der Waals surface area contributed by atoms with Gasteiger partial charge in [0, 0.05) is 23.9 Å². The molecule has 2 aromatic heterocycles. The molecule has 0 atom stereocenters. The Bertz CT molecular complexity index is 820. The summed E-state index contributed by atoms with van der Waals surface area (Å²) in [7, 11) is 1.66. The van der Waals surface area contributed by atoms with Gasteiger partial charge in [0.2, 0.25) is 5.89 Å². The van der Waals surface area contributed by atoms with Crippen molar-refractivity contribution in [2.75, 3.05) is 7.11 Å². The summed E-state index contributed by atoms with van der Waals surface area (Å²) in [5.41, 5.74) is 0.854. The molecule has 6 nitrogen and oxygen atoms in total. The minimum absolute atomic E-state index is 0.144. The van der Waals surface area contributed by atoms with Crippen molar-refractivity contribution < 1.29 is 9.26 Å². The zero-order valence-electron chi connectivity index (χ0n) is 14.2. The van der Waals surface area contributed by atoms with Crippen LogP contribution in [-0.2, 0) is 11.2 Å². The van der Waals surface area contributed by atoms with Crippen molar-refractivity contribution >= 4 is 11.8 Å². The quantitative estimate of drug-likeness (QED) is 0.655. The van der Waals surface area contributed by atoms with Gasteiger partial charge in [-0.25, -0.2) is 4.98 Å². The summed E-state index contributed by atoms with van der Waals surface area (Å²) in [6, 6.07) is 7.86. The molecule has 3 aromatic rings. The maximum atomic E-state index is 5.33. The van der Waals surface area contributed by atoms with Crippen molar-refractivity contribution in [2.24, 2.45) is 0 Å². The molecule has 126 valence electrons. The molecule has 0 aliphatic carbocycles. The normalized spacial score (nSPS) is 11.7. The molecular formula is C17H20N4O2S. The minimum atomic E-state index is -0.144. The van der Waals surface area contributed by atoms with Crippen LogP contribution >= 0.6 is 11.8 Å². The molecule has 0 spiro atoms. The van der Waals surface area contributed by atoms with Crippen LogP contribution in [0.15, 0.2) is 46.3 Å². The van der Waals surface area contributed by atoms with Crippen LogP contribution < -0.4 is 4.74 Å². The van der Waals surface area contributed by atoms with Crippen molar-refractivity contribution in [3.05, 3.63) is 48.4 Å². The van der Waals surface area contributed by atoms with E-state index in [2.05, 4.69) is 15.1 Å². The zero-order valence-corrected chi connectivity index (χ0v) is 15.0. The fraction of sp³-hybridized carbons (Fsp3) is 0.353. The first-order chi connectivity index (χ1) is 11.5. The van der Waals surface area contributed by atoms with Gasteiger partial charge in [-0.15, -0.1) is 0 Å². The third-order valence-corrected chi connectivity index (χ3v) is 4.34.